The van der Waals surface area contributed by atoms with Crippen LogP contribution >= 0.6 is 0 Å². The molecule has 0 aromatic heterocycles. The van der Waals surface area contributed by atoms with Gasteiger partial charge in [0.25, 0.3) is 5.91 Å². The first kappa shape index (κ1) is 21.8. The fourth-order valence-electron chi connectivity index (χ4n) is 2.93. The van der Waals surface area contributed by atoms with Crippen molar-refractivity contribution in [2.45, 2.75) is 32.9 Å². The number of nitrogens with zero attached hydrogens (tertiary/aromatic N) is 2. The molecule has 0 aliphatic carbocycles. The number of piperazine rings is 1. The number of carbonyl (C=O) groups is 1. The highest BCUT2D eigenvalue weighted by molar-refractivity contribution is 7.88. The minimum Gasteiger partial charge on any atom is -0.379 e. The van der Waals surface area contributed by atoms with Gasteiger partial charge >= 0.3 is 0 Å². The molecule has 152 valence electrons. The van der Waals surface area contributed by atoms with Crippen LogP contribution in [0.5, 0.6) is 0 Å². The fourth-order valence-corrected chi connectivity index (χ4v) is 3.76. The van der Waals surface area contributed by atoms with Gasteiger partial charge in [0.15, 0.2) is 0 Å². The van der Waals surface area contributed by atoms with Crippen LogP contribution < -0.4 is 5.32 Å². The summed E-state index contributed by atoms with van der Waals surface area (Å²) in [7, 11) is -3.10. The molecule has 1 saturated heterocycles. The number of benzene rings is 1. The zero-order valence-corrected chi connectivity index (χ0v) is 17.3. The molecule has 2 rings (SSSR count). The molecule has 1 aliphatic heterocycles. The Morgan fingerprint density at radius 3 is 2.33 bits per heavy atom. The van der Waals surface area contributed by atoms with Gasteiger partial charge in [-0.25, -0.2) is 8.42 Å². The maximum atomic E-state index is 12.1. The van der Waals surface area contributed by atoms with Crippen LogP contribution in [0.1, 0.15) is 36.2 Å². The Morgan fingerprint density at radius 2 is 1.78 bits per heavy atom. The summed E-state index contributed by atoms with van der Waals surface area (Å²) in [5.41, 5.74) is 1.76. The Bertz CT molecular complexity index is 696. The second-order valence-electron chi connectivity index (χ2n) is 7.16. The number of hydrogen-bond acceptors (Lipinski definition) is 5. The third-order valence-corrected chi connectivity index (χ3v) is 5.78. The van der Waals surface area contributed by atoms with Crippen LogP contribution in [0.4, 0.5) is 0 Å². The zero-order valence-electron chi connectivity index (χ0n) is 16.5. The van der Waals surface area contributed by atoms with Gasteiger partial charge in [0.2, 0.25) is 10.0 Å². The first-order valence-corrected chi connectivity index (χ1v) is 11.3. The van der Waals surface area contributed by atoms with Crippen molar-refractivity contribution in [2.75, 3.05) is 45.6 Å². The highest BCUT2D eigenvalue weighted by atomic mass is 32.2. The van der Waals surface area contributed by atoms with Crippen LogP contribution in [0.25, 0.3) is 0 Å². The zero-order chi connectivity index (χ0) is 19.9. The molecule has 1 heterocycles. The monoisotopic (exact) mass is 397 g/mol. The summed E-state index contributed by atoms with van der Waals surface area (Å²) in [6.07, 6.45) is 2.26. The molecule has 1 fully saturated rings. The van der Waals surface area contributed by atoms with Gasteiger partial charge in [-0.2, -0.15) is 4.31 Å². The van der Waals surface area contributed by atoms with Crippen molar-refractivity contribution in [1.82, 2.24) is 14.5 Å². The van der Waals surface area contributed by atoms with Crippen LogP contribution in [0, 0.1) is 0 Å². The minimum atomic E-state index is -3.10. The molecule has 0 radical (unpaired) electrons. The molecule has 1 aliphatic rings. The summed E-state index contributed by atoms with van der Waals surface area (Å²) >= 11 is 0. The molecule has 27 heavy (non-hydrogen) atoms. The van der Waals surface area contributed by atoms with E-state index in [1.807, 2.05) is 38.1 Å². The van der Waals surface area contributed by atoms with Gasteiger partial charge in [0.1, 0.15) is 0 Å². The van der Waals surface area contributed by atoms with E-state index in [1.165, 1.54) is 10.6 Å². The molecule has 7 nitrogen and oxygen atoms in total. The average Bonchev–Trinajstić information content (AvgIpc) is 2.61. The van der Waals surface area contributed by atoms with Gasteiger partial charge in [0.05, 0.1) is 12.4 Å². The topological polar surface area (TPSA) is 79.0 Å². The van der Waals surface area contributed by atoms with E-state index >= 15 is 0 Å². The fraction of sp³-hybridized carbons (Fsp3) is 0.632. The molecule has 1 aromatic carbocycles. The molecule has 0 atom stereocenters. The molecule has 8 heteroatoms. The van der Waals surface area contributed by atoms with Crippen molar-refractivity contribution in [3.05, 3.63) is 35.4 Å². The lowest BCUT2D eigenvalue weighted by Crippen LogP contribution is -2.47. The summed E-state index contributed by atoms with van der Waals surface area (Å²) in [6, 6.07) is 7.59. The van der Waals surface area contributed by atoms with Crippen LogP contribution in [-0.4, -0.2) is 75.2 Å². The van der Waals surface area contributed by atoms with Crippen molar-refractivity contribution < 1.29 is 17.9 Å². The summed E-state index contributed by atoms with van der Waals surface area (Å²) in [5.74, 6) is -0.0761. The second-order valence-corrected chi connectivity index (χ2v) is 9.15. The summed E-state index contributed by atoms with van der Waals surface area (Å²) in [6.45, 7) is 8.46. The van der Waals surface area contributed by atoms with Gasteiger partial charge in [-0.1, -0.05) is 12.1 Å². The van der Waals surface area contributed by atoms with Crippen LogP contribution in [0.3, 0.4) is 0 Å². The normalized spacial score (nSPS) is 16.6. The van der Waals surface area contributed by atoms with Gasteiger partial charge in [0, 0.05) is 51.4 Å². The third-order valence-electron chi connectivity index (χ3n) is 4.48. The van der Waals surface area contributed by atoms with Gasteiger partial charge < -0.3 is 10.1 Å². The van der Waals surface area contributed by atoms with E-state index in [1.54, 1.807) is 0 Å². The molecule has 1 aromatic rings. The van der Waals surface area contributed by atoms with Crippen LogP contribution in [0.15, 0.2) is 24.3 Å². The predicted molar refractivity (Wildman–Crippen MR) is 106 cm³/mol. The van der Waals surface area contributed by atoms with E-state index in [9.17, 15) is 13.2 Å². The number of rotatable bonds is 9. The maximum absolute atomic E-state index is 12.1. The highest BCUT2D eigenvalue weighted by Crippen LogP contribution is 2.12. The molecular weight excluding hydrogens is 366 g/mol. The summed E-state index contributed by atoms with van der Waals surface area (Å²) in [4.78, 5) is 14.4. The molecule has 0 bridgehead atoms. The summed E-state index contributed by atoms with van der Waals surface area (Å²) < 4.78 is 30.1. The van der Waals surface area contributed by atoms with Crippen molar-refractivity contribution in [3.63, 3.8) is 0 Å². The minimum absolute atomic E-state index is 0.0761. The Hall–Kier alpha value is -1.48. The predicted octanol–water partition coefficient (Wildman–Crippen LogP) is 1.31. The number of hydrogen-bond donors (Lipinski definition) is 1. The number of carbonyl (C=O) groups excluding carboxylic acids is 1. The largest absolute Gasteiger partial charge is 0.379 e. The van der Waals surface area contributed by atoms with Crippen molar-refractivity contribution in [3.8, 4) is 0 Å². The SMILES string of the molecule is CC(C)OCCCNC(=O)c1ccc(CN2CCN(S(C)(=O)=O)CC2)cc1. The van der Waals surface area contributed by atoms with Crippen molar-refractivity contribution in [1.29, 1.82) is 0 Å². The molecule has 0 spiro atoms. The maximum Gasteiger partial charge on any atom is 0.251 e. The number of amides is 1. The highest BCUT2D eigenvalue weighted by Gasteiger charge is 2.23. The molecule has 0 saturated carbocycles. The smallest absolute Gasteiger partial charge is 0.251 e. The lowest BCUT2D eigenvalue weighted by Gasteiger charge is -2.33. The van der Waals surface area contributed by atoms with Crippen molar-refractivity contribution >= 4 is 15.9 Å². The van der Waals surface area contributed by atoms with Gasteiger partial charge in [-0.05, 0) is 38.0 Å². The van der Waals surface area contributed by atoms with E-state index in [0.717, 1.165) is 18.5 Å². The number of ether oxygens (including phenoxy) is 1. The first-order valence-electron chi connectivity index (χ1n) is 9.42. The van der Waals surface area contributed by atoms with E-state index < -0.39 is 10.0 Å². The van der Waals surface area contributed by atoms with E-state index in [4.69, 9.17) is 4.74 Å². The Balaban J connectivity index is 1.74. The third kappa shape index (κ3) is 7.57. The van der Waals surface area contributed by atoms with E-state index in [-0.39, 0.29) is 12.0 Å². The second kappa shape index (κ2) is 10.2. The number of sulfonamides is 1. The van der Waals surface area contributed by atoms with Gasteiger partial charge in [-0.15, -0.1) is 0 Å². The van der Waals surface area contributed by atoms with E-state index in [2.05, 4.69) is 10.2 Å². The van der Waals surface area contributed by atoms with Gasteiger partial charge in [-0.3, -0.25) is 9.69 Å². The van der Waals surface area contributed by atoms with Crippen LogP contribution in [0.2, 0.25) is 0 Å². The molecule has 1 N–H and O–H groups in total. The Morgan fingerprint density at radius 1 is 1.15 bits per heavy atom. The Labute approximate surface area is 162 Å². The standard InChI is InChI=1S/C19H31N3O4S/c1-16(2)26-14-4-9-20-19(23)18-7-5-17(6-8-18)15-21-10-12-22(13-11-21)27(3,24)25/h5-8,16H,4,9-15H2,1-3H3,(H,20,23). The quantitative estimate of drug-likeness (QED) is 0.636. The summed E-state index contributed by atoms with van der Waals surface area (Å²) in [5, 5.41) is 2.90. The lowest BCUT2D eigenvalue weighted by molar-refractivity contribution is 0.0757. The molecule has 1 amide bonds. The number of nitrogens with one attached hydrogen (secondary N) is 1. The van der Waals surface area contributed by atoms with Crippen molar-refractivity contribution in [2.24, 2.45) is 0 Å². The van der Waals surface area contributed by atoms with Crippen LogP contribution in [-0.2, 0) is 21.3 Å². The lowest BCUT2D eigenvalue weighted by atomic mass is 10.1. The molecule has 0 unspecified atom stereocenters. The average molecular weight is 398 g/mol. The molecular formula is C19H31N3O4S. The Kier molecular flexibility index (Phi) is 8.22. The first-order chi connectivity index (χ1) is 12.8. The van der Waals surface area contributed by atoms with E-state index in [0.29, 0.717) is 44.9 Å².